The maximum absolute atomic E-state index is 12.6. The van der Waals surface area contributed by atoms with Crippen molar-refractivity contribution in [2.75, 3.05) is 46.8 Å². The van der Waals surface area contributed by atoms with Gasteiger partial charge in [0.2, 0.25) is 11.8 Å². The minimum atomic E-state index is -0.183. The first kappa shape index (κ1) is 16.2. The van der Waals surface area contributed by atoms with Crippen molar-refractivity contribution in [1.29, 1.82) is 0 Å². The van der Waals surface area contributed by atoms with Crippen LogP contribution in [0.15, 0.2) is 0 Å². The molecule has 0 radical (unpaired) electrons. The minimum Gasteiger partial charge on any atom is -0.372 e. The van der Waals surface area contributed by atoms with Gasteiger partial charge in [0.15, 0.2) is 0 Å². The molecule has 0 aliphatic carbocycles. The summed E-state index contributed by atoms with van der Waals surface area (Å²) in [5.41, 5.74) is 0. The highest BCUT2D eigenvalue weighted by atomic mass is 16.5. The molecule has 0 saturated carbocycles. The molecule has 2 aliphatic rings. The van der Waals surface area contributed by atoms with Crippen LogP contribution in [0.25, 0.3) is 0 Å². The van der Waals surface area contributed by atoms with Gasteiger partial charge in [-0.25, -0.2) is 0 Å². The summed E-state index contributed by atoms with van der Waals surface area (Å²) in [6, 6.07) is 0. The van der Waals surface area contributed by atoms with Gasteiger partial charge >= 0.3 is 0 Å². The summed E-state index contributed by atoms with van der Waals surface area (Å²) >= 11 is 0. The van der Waals surface area contributed by atoms with Crippen LogP contribution < -0.4 is 0 Å². The van der Waals surface area contributed by atoms with Crippen molar-refractivity contribution in [3.63, 3.8) is 0 Å². The zero-order chi connectivity index (χ0) is 15.6. The zero-order valence-electron chi connectivity index (χ0n) is 13.5. The van der Waals surface area contributed by atoms with E-state index >= 15 is 0 Å². The molecule has 2 heterocycles. The molecule has 2 rings (SSSR count). The van der Waals surface area contributed by atoms with Crippen LogP contribution in [0.5, 0.6) is 0 Å². The normalized spacial score (nSPS) is 30.3. The second kappa shape index (κ2) is 6.75. The smallest absolute Gasteiger partial charge is 0.228 e. The molecule has 0 spiro atoms. The largest absolute Gasteiger partial charge is 0.372 e. The molecule has 0 N–H and O–H groups in total. The molecule has 0 aromatic heterocycles. The Morgan fingerprint density at radius 2 is 1.86 bits per heavy atom. The van der Waals surface area contributed by atoms with Gasteiger partial charge in [-0.2, -0.15) is 0 Å². The van der Waals surface area contributed by atoms with E-state index in [4.69, 9.17) is 4.74 Å². The van der Waals surface area contributed by atoms with Crippen LogP contribution in [-0.2, 0) is 14.3 Å². The molecular formula is C15H27N3O3. The lowest BCUT2D eigenvalue weighted by Crippen LogP contribution is -2.50. The first-order chi connectivity index (χ1) is 9.86. The van der Waals surface area contributed by atoms with Crippen LogP contribution in [0.1, 0.15) is 20.3 Å². The predicted octanol–water partition coefficient (Wildman–Crippen LogP) is 0.0323. The zero-order valence-corrected chi connectivity index (χ0v) is 13.5. The standard InChI is InChI=1S/C15H27N3O3/c1-11-8-18(9-12(2)21-11)15(20)13-7-14(19)17(10-13)6-5-16(3)4/h11-13H,5-10H2,1-4H3/t11-,12+,13-/m1/s1. The molecule has 2 saturated heterocycles. The van der Waals surface area contributed by atoms with Gasteiger partial charge in [0.1, 0.15) is 0 Å². The third-order valence-corrected chi connectivity index (χ3v) is 4.11. The third kappa shape index (κ3) is 4.17. The summed E-state index contributed by atoms with van der Waals surface area (Å²) in [6.07, 6.45) is 0.492. The molecular weight excluding hydrogens is 270 g/mol. The van der Waals surface area contributed by atoms with Crippen molar-refractivity contribution in [3.05, 3.63) is 0 Å². The Morgan fingerprint density at radius 1 is 1.24 bits per heavy atom. The highest BCUT2D eigenvalue weighted by Crippen LogP contribution is 2.22. The van der Waals surface area contributed by atoms with Crippen molar-refractivity contribution in [1.82, 2.24) is 14.7 Å². The number of hydrogen-bond acceptors (Lipinski definition) is 4. The summed E-state index contributed by atoms with van der Waals surface area (Å²) in [4.78, 5) is 30.4. The Kier molecular flexibility index (Phi) is 5.22. The van der Waals surface area contributed by atoms with E-state index in [1.165, 1.54) is 0 Å². The number of hydrogen-bond donors (Lipinski definition) is 0. The lowest BCUT2D eigenvalue weighted by atomic mass is 10.1. The molecule has 0 aromatic carbocycles. The molecule has 0 aromatic rings. The summed E-state index contributed by atoms with van der Waals surface area (Å²) in [7, 11) is 3.97. The van der Waals surface area contributed by atoms with Crippen LogP contribution in [0.2, 0.25) is 0 Å². The highest BCUT2D eigenvalue weighted by molar-refractivity contribution is 5.89. The summed E-state index contributed by atoms with van der Waals surface area (Å²) in [5, 5.41) is 0. The third-order valence-electron chi connectivity index (χ3n) is 4.11. The van der Waals surface area contributed by atoms with Crippen LogP contribution in [0.3, 0.4) is 0 Å². The Bertz CT molecular complexity index is 390. The van der Waals surface area contributed by atoms with Gasteiger partial charge in [0.25, 0.3) is 0 Å². The Labute approximate surface area is 127 Å². The average Bonchev–Trinajstić information content (AvgIpc) is 2.75. The van der Waals surface area contributed by atoms with E-state index in [0.717, 1.165) is 6.54 Å². The van der Waals surface area contributed by atoms with E-state index < -0.39 is 0 Å². The topological polar surface area (TPSA) is 53.1 Å². The number of carbonyl (C=O) groups is 2. The van der Waals surface area contributed by atoms with Crippen molar-refractivity contribution in [2.24, 2.45) is 5.92 Å². The van der Waals surface area contributed by atoms with Gasteiger partial charge in [0.05, 0.1) is 18.1 Å². The van der Waals surface area contributed by atoms with E-state index in [9.17, 15) is 9.59 Å². The van der Waals surface area contributed by atoms with Crippen LogP contribution in [0.4, 0.5) is 0 Å². The predicted molar refractivity (Wildman–Crippen MR) is 79.8 cm³/mol. The summed E-state index contributed by atoms with van der Waals surface area (Å²) in [5.74, 6) is 0.0272. The second-order valence-corrected chi connectivity index (χ2v) is 6.54. The van der Waals surface area contributed by atoms with Gasteiger partial charge in [-0.05, 0) is 27.9 Å². The molecule has 0 unspecified atom stereocenters. The van der Waals surface area contributed by atoms with E-state index in [-0.39, 0.29) is 29.9 Å². The lowest BCUT2D eigenvalue weighted by Gasteiger charge is -2.36. The van der Waals surface area contributed by atoms with Gasteiger partial charge in [0, 0.05) is 39.1 Å². The monoisotopic (exact) mass is 297 g/mol. The van der Waals surface area contributed by atoms with Crippen LogP contribution >= 0.6 is 0 Å². The number of likely N-dealkylation sites (tertiary alicyclic amines) is 1. The highest BCUT2D eigenvalue weighted by Gasteiger charge is 2.38. The number of morpholine rings is 1. The maximum Gasteiger partial charge on any atom is 0.228 e. The lowest BCUT2D eigenvalue weighted by molar-refractivity contribution is -0.147. The van der Waals surface area contributed by atoms with E-state index in [2.05, 4.69) is 0 Å². The Morgan fingerprint density at radius 3 is 2.43 bits per heavy atom. The number of ether oxygens (including phenoxy) is 1. The average molecular weight is 297 g/mol. The van der Waals surface area contributed by atoms with Crippen molar-refractivity contribution < 1.29 is 14.3 Å². The van der Waals surface area contributed by atoms with Gasteiger partial charge in [-0.3, -0.25) is 9.59 Å². The molecule has 6 nitrogen and oxygen atoms in total. The molecule has 21 heavy (non-hydrogen) atoms. The molecule has 2 fully saturated rings. The molecule has 2 amide bonds. The SMILES string of the molecule is C[C@@H]1CN(C(=O)[C@@H]2CC(=O)N(CCN(C)C)C2)C[C@H](C)O1. The molecule has 3 atom stereocenters. The van der Waals surface area contributed by atoms with Gasteiger partial charge in [-0.15, -0.1) is 0 Å². The molecule has 0 bridgehead atoms. The summed E-state index contributed by atoms with van der Waals surface area (Å²) < 4.78 is 5.66. The fourth-order valence-electron chi connectivity index (χ4n) is 3.09. The number of rotatable bonds is 4. The van der Waals surface area contributed by atoms with Crippen LogP contribution in [0, 0.1) is 5.92 Å². The van der Waals surface area contributed by atoms with Crippen molar-refractivity contribution in [2.45, 2.75) is 32.5 Å². The van der Waals surface area contributed by atoms with Crippen LogP contribution in [-0.4, -0.2) is 85.5 Å². The van der Waals surface area contributed by atoms with E-state index in [1.54, 1.807) is 0 Å². The fourth-order valence-corrected chi connectivity index (χ4v) is 3.09. The molecule has 120 valence electrons. The Balaban J connectivity index is 1.90. The maximum atomic E-state index is 12.6. The van der Waals surface area contributed by atoms with E-state index in [1.807, 2.05) is 42.6 Å². The molecule has 6 heteroatoms. The van der Waals surface area contributed by atoms with Gasteiger partial charge in [-0.1, -0.05) is 0 Å². The first-order valence-corrected chi connectivity index (χ1v) is 7.73. The molecule has 2 aliphatic heterocycles. The summed E-state index contributed by atoms with van der Waals surface area (Å²) in [6.45, 7) is 7.32. The number of nitrogens with zero attached hydrogens (tertiary/aromatic N) is 3. The van der Waals surface area contributed by atoms with E-state index in [0.29, 0.717) is 32.6 Å². The van der Waals surface area contributed by atoms with Crippen molar-refractivity contribution in [3.8, 4) is 0 Å². The first-order valence-electron chi connectivity index (χ1n) is 7.73. The fraction of sp³-hybridized carbons (Fsp3) is 0.867. The Hall–Kier alpha value is -1.14. The second-order valence-electron chi connectivity index (χ2n) is 6.54. The number of amides is 2. The number of carbonyl (C=O) groups excluding carboxylic acids is 2. The van der Waals surface area contributed by atoms with Gasteiger partial charge < -0.3 is 19.4 Å². The van der Waals surface area contributed by atoms with Crippen molar-refractivity contribution >= 4 is 11.8 Å². The minimum absolute atomic E-state index is 0.0691. The quantitative estimate of drug-likeness (QED) is 0.735. The number of likely N-dealkylation sites (N-methyl/N-ethyl adjacent to an activating group) is 1.